The molecule has 1 N–H and O–H groups in total. The first-order valence-corrected chi connectivity index (χ1v) is 7.62. The lowest BCUT2D eigenvalue weighted by Gasteiger charge is -2.27. The molecule has 0 fully saturated rings. The van der Waals surface area contributed by atoms with Crippen LogP contribution < -0.4 is 15.0 Å². The number of rotatable bonds is 9. The summed E-state index contributed by atoms with van der Waals surface area (Å²) in [5, 5.41) is 12.7. The number of methoxy groups -OCH3 is 1. The van der Waals surface area contributed by atoms with E-state index in [0.29, 0.717) is 0 Å². The van der Waals surface area contributed by atoms with E-state index in [1.54, 1.807) is 7.11 Å². The van der Waals surface area contributed by atoms with Gasteiger partial charge in [-0.1, -0.05) is 13.8 Å². The zero-order valence-corrected chi connectivity index (χ0v) is 13.6. The monoisotopic (exact) mass is 289 g/mol. The van der Waals surface area contributed by atoms with Crippen molar-refractivity contribution in [3.63, 3.8) is 0 Å². The Labute approximate surface area is 128 Å². The number of hydrogen-bond acceptors (Lipinski definition) is 4. The maximum Gasteiger partial charge on any atom is 0.119 e. The van der Waals surface area contributed by atoms with Crippen molar-refractivity contribution in [2.75, 3.05) is 32.1 Å². The molecule has 0 saturated heterocycles. The van der Waals surface area contributed by atoms with E-state index in [-0.39, 0.29) is 5.54 Å². The molecule has 1 rings (SSSR count). The second kappa shape index (κ2) is 8.53. The van der Waals surface area contributed by atoms with Gasteiger partial charge in [0.2, 0.25) is 0 Å². The summed E-state index contributed by atoms with van der Waals surface area (Å²) in [5.41, 5.74) is 0.786. The molecule has 21 heavy (non-hydrogen) atoms. The second-order valence-electron chi connectivity index (χ2n) is 5.30. The van der Waals surface area contributed by atoms with Crippen LogP contribution in [0.4, 0.5) is 5.69 Å². The van der Waals surface area contributed by atoms with Crippen molar-refractivity contribution in [1.29, 1.82) is 5.26 Å². The smallest absolute Gasteiger partial charge is 0.119 e. The first-order chi connectivity index (χ1) is 10.1. The van der Waals surface area contributed by atoms with Gasteiger partial charge < -0.3 is 9.64 Å². The quantitative estimate of drug-likeness (QED) is 0.758. The van der Waals surface area contributed by atoms with Crippen LogP contribution in [-0.2, 0) is 0 Å². The van der Waals surface area contributed by atoms with Crippen molar-refractivity contribution in [2.24, 2.45) is 0 Å². The molecule has 0 heterocycles. The molecule has 0 amide bonds. The molecule has 1 unspecified atom stereocenters. The highest BCUT2D eigenvalue weighted by Crippen LogP contribution is 2.20. The van der Waals surface area contributed by atoms with E-state index < -0.39 is 0 Å². The molecular formula is C17H27N3O. The van der Waals surface area contributed by atoms with Crippen LogP contribution in [0.1, 0.15) is 33.1 Å². The topological polar surface area (TPSA) is 48.3 Å². The fourth-order valence-electron chi connectivity index (χ4n) is 2.49. The van der Waals surface area contributed by atoms with Crippen molar-refractivity contribution in [3.8, 4) is 11.8 Å². The molecule has 116 valence electrons. The standard InChI is InChI=1S/C17H27N3O/c1-5-17(14-18,19-6-2)12-7-13-20(3)15-8-10-16(21-4)11-9-15/h8-11,19H,5-7,12-13H2,1-4H3. The molecule has 1 aromatic carbocycles. The van der Waals surface area contributed by atoms with Crippen molar-refractivity contribution < 1.29 is 4.74 Å². The average Bonchev–Trinajstić information content (AvgIpc) is 2.54. The van der Waals surface area contributed by atoms with Crippen LogP contribution in [0.5, 0.6) is 5.75 Å². The lowest BCUT2D eigenvalue weighted by Crippen LogP contribution is -2.43. The highest BCUT2D eigenvalue weighted by atomic mass is 16.5. The van der Waals surface area contributed by atoms with E-state index in [1.807, 2.05) is 19.1 Å². The molecule has 0 radical (unpaired) electrons. The Balaban J connectivity index is 2.52. The zero-order valence-electron chi connectivity index (χ0n) is 13.6. The van der Waals surface area contributed by atoms with Gasteiger partial charge in [0.1, 0.15) is 11.3 Å². The molecule has 0 spiro atoms. The Morgan fingerprint density at radius 1 is 1.29 bits per heavy atom. The summed E-state index contributed by atoms with van der Waals surface area (Å²) >= 11 is 0. The van der Waals surface area contributed by atoms with Crippen molar-refractivity contribution in [3.05, 3.63) is 24.3 Å². The fraction of sp³-hybridized carbons (Fsp3) is 0.588. The van der Waals surface area contributed by atoms with Crippen LogP contribution in [0.25, 0.3) is 0 Å². The maximum absolute atomic E-state index is 9.41. The van der Waals surface area contributed by atoms with Gasteiger partial charge in [-0.3, -0.25) is 5.32 Å². The minimum absolute atomic E-state index is 0.379. The molecule has 1 aromatic rings. The maximum atomic E-state index is 9.41. The van der Waals surface area contributed by atoms with Crippen molar-refractivity contribution in [1.82, 2.24) is 5.32 Å². The number of nitrogens with one attached hydrogen (secondary N) is 1. The van der Waals surface area contributed by atoms with Gasteiger partial charge in [0.25, 0.3) is 0 Å². The largest absolute Gasteiger partial charge is 0.497 e. The third kappa shape index (κ3) is 4.95. The van der Waals surface area contributed by atoms with Gasteiger partial charge in [0.05, 0.1) is 13.2 Å². The number of anilines is 1. The van der Waals surface area contributed by atoms with Gasteiger partial charge in [-0.05, 0) is 50.1 Å². The SMILES string of the molecule is CCNC(C#N)(CC)CCCN(C)c1ccc(OC)cc1. The van der Waals surface area contributed by atoms with E-state index in [0.717, 1.165) is 38.1 Å². The molecule has 0 aromatic heterocycles. The van der Waals surface area contributed by atoms with Gasteiger partial charge in [-0.2, -0.15) is 5.26 Å². The number of nitriles is 1. The zero-order chi connectivity index (χ0) is 15.7. The highest BCUT2D eigenvalue weighted by molar-refractivity contribution is 5.48. The second-order valence-corrected chi connectivity index (χ2v) is 5.30. The van der Waals surface area contributed by atoms with E-state index >= 15 is 0 Å². The lowest BCUT2D eigenvalue weighted by atomic mass is 9.92. The summed E-state index contributed by atoms with van der Waals surface area (Å²) in [6.45, 7) is 5.88. The molecule has 0 aliphatic rings. The number of hydrogen-bond donors (Lipinski definition) is 1. The van der Waals surface area contributed by atoms with Crippen LogP contribution in [0.2, 0.25) is 0 Å². The molecule has 0 aliphatic heterocycles. The summed E-state index contributed by atoms with van der Waals surface area (Å²) in [6.07, 6.45) is 2.69. The number of ether oxygens (including phenoxy) is 1. The molecule has 1 atom stereocenters. The van der Waals surface area contributed by atoms with Crippen LogP contribution in [0.15, 0.2) is 24.3 Å². The van der Waals surface area contributed by atoms with E-state index in [1.165, 1.54) is 5.69 Å². The third-order valence-electron chi connectivity index (χ3n) is 3.94. The summed E-state index contributed by atoms with van der Waals surface area (Å²) in [7, 11) is 3.75. The van der Waals surface area contributed by atoms with E-state index in [9.17, 15) is 5.26 Å². The van der Waals surface area contributed by atoms with Crippen LogP contribution in [-0.4, -0.2) is 32.8 Å². The summed E-state index contributed by atoms with van der Waals surface area (Å²) in [5.74, 6) is 0.869. The van der Waals surface area contributed by atoms with Gasteiger partial charge in [0.15, 0.2) is 0 Å². The summed E-state index contributed by atoms with van der Waals surface area (Å²) in [4.78, 5) is 2.21. The van der Waals surface area contributed by atoms with Crippen LogP contribution >= 0.6 is 0 Å². The molecule has 0 aliphatic carbocycles. The van der Waals surface area contributed by atoms with E-state index in [2.05, 4.69) is 42.4 Å². The number of nitrogens with zero attached hydrogens (tertiary/aromatic N) is 2. The highest BCUT2D eigenvalue weighted by Gasteiger charge is 2.25. The first-order valence-electron chi connectivity index (χ1n) is 7.62. The van der Waals surface area contributed by atoms with Crippen molar-refractivity contribution in [2.45, 2.75) is 38.6 Å². The molecule has 0 saturated carbocycles. The molecule has 0 bridgehead atoms. The van der Waals surface area contributed by atoms with Gasteiger partial charge in [0, 0.05) is 19.3 Å². The average molecular weight is 289 g/mol. The van der Waals surface area contributed by atoms with Crippen LogP contribution in [0, 0.1) is 11.3 Å². The molecule has 4 nitrogen and oxygen atoms in total. The lowest BCUT2D eigenvalue weighted by molar-refractivity contribution is 0.373. The fourth-order valence-corrected chi connectivity index (χ4v) is 2.49. The molecular weight excluding hydrogens is 262 g/mol. The Kier molecular flexibility index (Phi) is 7.04. The predicted molar refractivity (Wildman–Crippen MR) is 87.8 cm³/mol. The van der Waals surface area contributed by atoms with E-state index in [4.69, 9.17) is 4.74 Å². The van der Waals surface area contributed by atoms with Gasteiger partial charge in [-0.25, -0.2) is 0 Å². The minimum atomic E-state index is -0.379. The number of benzene rings is 1. The van der Waals surface area contributed by atoms with Crippen molar-refractivity contribution >= 4 is 5.69 Å². The Bertz CT molecular complexity index is 452. The van der Waals surface area contributed by atoms with Gasteiger partial charge in [-0.15, -0.1) is 0 Å². The third-order valence-corrected chi connectivity index (χ3v) is 3.94. The predicted octanol–water partition coefficient (Wildman–Crippen LogP) is 3.19. The summed E-state index contributed by atoms with van der Waals surface area (Å²) < 4.78 is 5.17. The van der Waals surface area contributed by atoms with Gasteiger partial charge >= 0.3 is 0 Å². The first kappa shape index (κ1) is 17.3. The Morgan fingerprint density at radius 2 is 1.95 bits per heavy atom. The Morgan fingerprint density at radius 3 is 2.43 bits per heavy atom. The normalized spacial score (nSPS) is 13.3. The molecule has 4 heteroatoms. The Hall–Kier alpha value is -1.73. The van der Waals surface area contributed by atoms with Crippen LogP contribution in [0.3, 0.4) is 0 Å². The summed E-state index contributed by atoms with van der Waals surface area (Å²) in [6, 6.07) is 10.5. The minimum Gasteiger partial charge on any atom is -0.497 e.